The van der Waals surface area contributed by atoms with Gasteiger partial charge in [0.05, 0.1) is 22.8 Å². The van der Waals surface area contributed by atoms with Crippen LogP contribution in [0.25, 0.3) is 6.08 Å². The van der Waals surface area contributed by atoms with Crippen LogP contribution in [0.1, 0.15) is 58.9 Å². The third kappa shape index (κ3) is 2.70. The Balaban J connectivity index is 1.47. The average Bonchev–Trinajstić information content (AvgIpc) is 3.50. The SMILES string of the molecule is O=C(c1cccs1)[C@@H]1[C@@H]2C(=O)N(C3CCCCC3)C(=O)[C@H]2[C@@H]2c3ccccc3C=CN12. The van der Waals surface area contributed by atoms with Crippen LogP contribution in [-0.4, -0.2) is 39.5 Å². The number of amides is 2. The number of rotatable bonds is 3. The largest absolute Gasteiger partial charge is 0.358 e. The second-order valence-electron chi connectivity index (χ2n) is 9.01. The maximum Gasteiger partial charge on any atom is 0.236 e. The van der Waals surface area contributed by atoms with Crippen LogP contribution >= 0.6 is 11.3 Å². The molecule has 6 heteroatoms. The molecule has 1 aromatic carbocycles. The van der Waals surface area contributed by atoms with Gasteiger partial charge in [0.2, 0.25) is 11.8 Å². The number of fused-ring (bicyclic) bond motifs is 5. The van der Waals surface area contributed by atoms with Crippen molar-refractivity contribution in [2.24, 2.45) is 11.8 Å². The van der Waals surface area contributed by atoms with Crippen molar-refractivity contribution >= 4 is 35.0 Å². The number of thiophene rings is 1. The van der Waals surface area contributed by atoms with Gasteiger partial charge in [-0.15, -0.1) is 11.3 Å². The quantitative estimate of drug-likeness (QED) is 0.537. The molecule has 5 nitrogen and oxygen atoms in total. The lowest BCUT2D eigenvalue weighted by Gasteiger charge is -2.37. The van der Waals surface area contributed by atoms with Gasteiger partial charge in [-0.05, 0) is 41.5 Å². The predicted molar refractivity (Wildman–Crippen MR) is 118 cm³/mol. The second kappa shape index (κ2) is 7.16. The molecule has 31 heavy (non-hydrogen) atoms. The molecule has 1 saturated carbocycles. The minimum Gasteiger partial charge on any atom is -0.358 e. The van der Waals surface area contributed by atoms with E-state index < -0.39 is 17.9 Å². The van der Waals surface area contributed by atoms with E-state index in [0.29, 0.717) is 4.88 Å². The van der Waals surface area contributed by atoms with Gasteiger partial charge in [-0.2, -0.15) is 0 Å². The highest BCUT2D eigenvalue weighted by atomic mass is 32.1. The van der Waals surface area contributed by atoms with Crippen molar-refractivity contribution in [1.82, 2.24) is 9.80 Å². The van der Waals surface area contributed by atoms with Gasteiger partial charge in [0, 0.05) is 12.2 Å². The molecule has 1 aromatic heterocycles. The Morgan fingerprint density at radius 3 is 2.48 bits per heavy atom. The van der Waals surface area contributed by atoms with Crippen molar-refractivity contribution in [2.45, 2.75) is 50.2 Å². The molecule has 3 fully saturated rings. The molecule has 2 saturated heterocycles. The van der Waals surface area contributed by atoms with Crippen LogP contribution in [0.15, 0.2) is 48.0 Å². The summed E-state index contributed by atoms with van der Waals surface area (Å²) < 4.78 is 0. The molecular formula is C25H24N2O3S. The van der Waals surface area contributed by atoms with Gasteiger partial charge in [-0.1, -0.05) is 49.6 Å². The highest BCUT2D eigenvalue weighted by Gasteiger charge is 2.65. The monoisotopic (exact) mass is 432 g/mol. The van der Waals surface area contributed by atoms with Crippen molar-refractivity contribution in [1.29, 1.82) is 0 Å². The van der Waals surface area contributed by atoms with Gasteiger partial charge in [0.15, 0.2) is 5.78 Å². The van der Waals surface area contributed by atoms with Crippen molar-refractivity contribution in [2.75, 3.05) is 0 Å². The Labute approximate surface area is 185 Å². The molecule has 0 bridgehead atoms. The molecule has 2 amide bonds. The maximum atomic E-state index is 13.8. The number of nitrogens with zero attached hydrogens (tertiary/aromatic N) is 2. The molecule has 0 spiro atoms. The molecule has 158 valence electrons. The summed E-state index contributed by atoms with van der Waals surface area (Å²) in [6, 6.07) is 10.8. The molecule has 4 heterocycles. The number of benzene rings is 1. The first-order valence-electron chi connectivity index (χ1n) is 11.2. The summed E-state index contributed by atoms with van der Waals surface area (Å²) in [6.45, 7) is 0. The summed E-state index contributed by atoms with van der Waals surface area (Å²) in [4.78, 5) is 45.3. The van der Waals surface area contributed by atoms with E-state index in [1.54, 1.807) is 4.90 Å². The molecule has 4 atom stereocenters. The number of imide groups is 1. The fourth-order valence-corrected chi connectivity index (χ4v) is 6.84. The Morgan fingerprint density at radius 1 is 0.935 bits per heavy atom. The molecule has 2 aromatic rings. The first-order valence-corrected chi connectivity index (χ1v) is 12.0. The van der Waals surface area contributed by atoms with E-state index in [9.17, 15) is 14.4 Å². The Kier molecular flexibility index (Phi) is 4.39. The summed E-state index contributed by atoms with van der Waals surface area (Å²) in [7, 11) is 0. The summed E-state index contributed by atoms with van der Waals surface area (Å²) in [6.07, 6.45) is 8.94. The third-order valence-electron chi connectivity index (χ3n) is 7.47. The first kappa shape index (κ1) is 19.0. The van der Waals surface area contributed by atoms with Crippen molar-refractivity contribution in [3.05, 3.63) is 64.0 Å². The molecule has 0 unspecified atom stereocenters. The van der Waals surface area contributed by atoms with Crippen molar-refractivity contribution in [3.8, 4) is 0 Å². The molecule has 3 aliphatic heterocycles. The number of hydrogen-bond acceptors (Lipinski definition) is 5. The summed E-state index contributed by atoms with van der Waals surface area (Å²) >= 11 is 1.40. The minimum absolute atomic E-state index is 0.0142. The van der Waals surface area contributed by atoms with Crippen molar-refractivity contribution < 1.29 is 14.4 Å². The maximum absolute atomic E-state index is 13.8. The second-order valence-corrected chi connectivity index (χ2v) is 9.96. The zero-order chi connectivity index (χ0) is 21.1. The number of hydrogen-bond donors (Lipinski definition) is 0. The number of carbonyl (C=O) groups excluding carboxylic acids is 3. The van der Waals surface area contributed by atoms with E-state index in [2.05, 4.69) is 0 Å². The third-order valence-corrected chi connectivity index (χ3v) is 8.35. The van der Waals surface area contributed by atoms with Crippen molar-refractivity contribution in [3.63, 3.8) is 0 Å². The zero-order valence-electron chi connectivity index (χ0n) is 17.1. The fourth-order valence-electron chi connectivity index (χ4n) is 6.14. The average molecular weight is 433 g/mol. The number of carbonyl (C=O) groups is 3. The molecule has 4 aliphatic rings. The van der Waals surface area contributed by atoms with E-state index in [-0.39, 0.29) is 29.7 Å². The molecular weight excluding hydrogens is 408 g/mol. The normalized spacial score (nSPS) is 29.8. The lowest BCUT2D eigenvalue weighted by atomic mass is 9.84. The van der Waals surface area contributed by atoms with Gasteiger partial charge in [0.25, 0.3) is 0 Å². The Morgan fingerprint density at radius 2 is 1.71 bits per heavy atom. The van der Waals surface area contributed by atoms with Crippen LogP contribution in [0.4, 0.5) is 0 Å². The summed E-state index contributed by atoms with van der Waals surface area (Å²) in [5, 5.41) is 1.88. The van der Waals surface area contributed by atoms with Crippen LogP contribution in [0.3, 0.4) is 0 Å². The van der Waals surface area contributed by atoms with Crippen LogP contribution in [0.5, 0.6) is 0 Å². The van der Waals surface area contributed by atoms with Crippen LogP contribution in [-0.2, 0) is 9.59 Å². The lowest BCUT2D eigenvalue weighted by Crippen LogP contribution is -2.47. The van der Waals surface area contributed by atoms with E-state index in [4.69, 9.17) is 0 Å². The molecule has 6 rings (SSSR count). The smallest absolute Gasteiger partial charge is 0.236 e. The number of likely N-dealkylation sites (tertiary alicyclic amines) is 1. The van der Waals surface area contributed by atoms with Crippen LogP contribution in [0.2, 0.25) is 0 Å². The van der Waals surface area contributed by atoms with E-state index >= 15 is 0 Å². The molecule has 1 aliphatic carbocycles. The van der Waals surface area contributed by atoms with Gasteiger partial charge >= 0.3 is 0 Å². The van der Waals surface area contributed by atoms with Crippen LogP contribution in [0, 0.1) is 11.8 Å². The minimum atomic E-state index is -0.636. The first-order chi connectivity index (χ1) is 15.2. The fraction of sp³-hybridized carbons (Fsp3) is 0.400. The van der Waals surface area contributed by atoms with Gasteiger partial charge in [-0.3, -0.25) is 19.3 Å². The predicted octanol–water partition coefficient (Wildman–Crippen LogP) is 4.27. The van der Waals surface area contributed by atoms with E-state index in [0.717, 1.165) is 43.2 Å². The molecule has 0 N–H and O–H groups in total. The van der Waals surface area contributed by atoms with E-state index in [1.165, 1.54) is 11.3 Å². The van der Waals surface area contributed by atoms with Gasteiger partial charge in [0.1, 0.15) is 6.04 Å². The van der Waals surface area contributed by atoms with E-state index in [1.807, 2.05) is 59.0 Å². The molecule has 0 radical (unpaired) electrons. The topological polar surface area (TPSA) is 57.7 Å². The number of ketones is 1. The lowest BCUT2D eigenvalue weighted by molar-refractivity contribution is -0.144. The van der Waals surface area contributed by atoms with Gasteiger partial charge in [-0.25, -0.2) is 0 Å². The summed E-state index contributed by atoms with van der Waals surface area (Å²) in [5.41, 5.74) is 2.09. The summed E-state index contributed by atoms with van der Waals surface area (Å²) in [5.74, 6) is -1.40. The highest BCUT2D eigenvalue weighted by molar-refractivity contribution is 7.12. The highest BCUT2D eigenvalue weighted by Crippen LogP contribution is 2.54. The standard InChI is InChI=1S/C25H24N2O3S/c28-23(18-11-6-14-31-18)22-20-19(21-17-10-5-4-7-15(17)12-13-26(21)22)24(29)27(25(20)30)16-8-2-1-3-9-16/h4-7,10-14,16,19-22H,1-3,8-9H2/t19-,20-,21+,22+/m1/s1. The Bertz CT molecular complexity index is 1090. The number of Topliss-reactive ketones (excluding diaryl/α,β-unsaturated/α-hetero) is 1. The Hall–Kier alpha value is -2.73. The van der Waals surface area contributed by atoms with Gasteiger partial charge < -0.3 is 4.90 Å². The zero-order valence-corrected chi connectivity index (χ0v) is 18.0. The van der Waals surface area contributed by atoms with Crippen LogP contribution < -0.4 is 0 Å².